The number of amides is 2. The largest absolute Gasteiger partial charge is 0.480 e. The third kappa shape index (κ3) is 13.0. The highest BCUT2D eigenvalue weighted by Crippen LogP contribution is 2.23. The molecule has 0 aliphatic rings. The number of rotatable bonds is 17. The van der Waals surface area contributed by atoms with Crippen LogP contribution in [0.5, 0.6) is 0 Å². The van der Waals surface area contributed by atoms with E-state index >= 15 is 0 Å². The third-order valence-electron chi connectivity index (χ3n) is 3.82. The Balaban J connectivity index is 4.46. The summed E-state index contributed by atoms with van der Waals surface area (Å²) < 4.78 is 0. The van der Waals surface area contributed by atoms with E-state index in [2.05, 4.69) is 10.6 Å². The summed E-state index contributed by atoms with van der Waals surface area (Å²) in [5.41, 5.74) is 10.5. The number of carboxylic acid groups (broad SMARTS) is 4. The summed E-state index contributed by atoms with van der Waals surface area (Å²) in [7, 11) is 1.89. The van der Waals surface area contributed by atoms with Crippen molar-refractivity contribution in [2.75, 3.05) is 11.5 Å². The van der Waals surface area contributed by atoms with Crippen molar-refractivity contribution in [1.82, 2.24) is 10.6 Å². The molecular formula is C16H26N4O10S2. The third-order valence-corrected chi connectivity index (χ3v) is 6.24. The Morgan fingerprint density at radius 2 is 0.938 bits per heavy atom. The lowest BCUT2D eigenvalue weighted by Crippen LogP contribution is -2.44. The van der Waals surface area contributed by atoms with E-state index in [0.29, 0.717) is 0 Å². The van der Waals surface area contributed by atoms with E-state index in [1.54, 1.807) is 0 Å². The smallest absolute Gasteiger partial charge is 0.327 e. The molecule has 0 spiro atoms. The molecule has 0 radical (unpaired) electrons. The summed E-state index contributed by atoms with van der Waals surface area (Å²) in [6, 6.07) is -5.12. The van der Waals surface area contributed by atoms with Crippen molar-refractivity contribution in [1.29, 1.82) is 0 Å². The van der Waals surface area contributed by atoms with Gasteiger partial charge in [0.2, 0.25) is 11.8 Å². The highest BCUT2D eigenvalue weighted by Gasteiger charge is 2.24. The molecule has 4 atom stereocenters. The van der Waals surface area contributed by atoms with Gasteiger partial charge in [-0.2, -0.15) is 0 Å². The fraction of sp³-hybridized carbons (Fsp3) is 0.625. The van der Waals surface area contributed by atoms with Crippen molar-refractivity contribution in [2.24, 2.45) is 11.5 Å². The normalized spacial score (nSPS) is 14.4. The quantitative estimate of drug-likeness (QED) is 0.0788. The molecule has 32 heavy (non-hydrogen) atoms. The van der Waals surface area contributed by atoms with Gasteiger partial charge in [-0.15, -0.1) is 0 Å². The van der Waals surface area contributed by atoms with Crippen molar-refractivity contribution in [3.63, 3.8) is 0 Å². The minimum atomic E-state index is -1.34. The minimum absolute atomic E-state index is 0.134. The first-order valence-electron chi connectivity index (χ1n) is 9.10. The molecule has 0 unspecified atom stereocenters. The molecule has 2 amide bonds. The van der Waals surface area contributed by atoms with Crippen LogP contribution < -0.4 is 22.1 Å². The highest BCUT2D eigenvalue weighted by atomic mass is 33.1. The zero-order chi connectivity index (χ0) is 24.8. The van der Waals surface area contributed by atoms with E-state index in [-0.39, 0.29) is 37.2 Å². The minimum Gasteiger partial charge on any atom is -0.480 e. The molecule has 0 aromatic rings. The summed E-state index contributed by atoms with van der Waals surface area (Å²) in [5.74, 6) is -6.92. The number of carbonyl (C=O) groups is 6. The van der Waals surface area contributed by atoms with Gasteiger partial charge in [0.1, 0.15) is 24.2 Å². The Bertz CT molecular complexity index is 650. The Kier molecular flexibility index (Phi) is 14.1. The van der Waals surface area contributed by atoms with Crippen molar-refractivity contribution in [3.8, 4) is 0 Å². The van der Waals surface area contributed by atoms with Gasteiger partial charge >= 0.3 is 23.9 Å². The molecule has 14 nitrogen and oxygen atoms in total. The molecule has 0 aliphatic heterocycles. The second-order valence-electron chi connectivity index (χ2n) is 6.45. The SMILES string of the molecule is N[C@@H](CCC(=O)N[C@H](CSSC[C@@H](NC(=O)CC[C@H](N)C(=O)O)C(=O)O)C(=O)O)C(=O)O. The lowest BCUT2D eigenvalue weighted by molar-refractivity contribution is -0.141. The molecule has 0 aliphatic carbocycles. The zero-order valence-corrected chi connectivity index (χ0v) is 18.4. The van der Waals surface area contributed by atoms with E-state index in [1.807, 2.05) is 0 Å². The van der Waals surface area contributed by atoms with Crippen LogP contribution in [0.3, 0.4) is 0 Å². The molecule has 0 fully saturated rings. The van der Waals surface area contributed by atoms with Gasteiger partial charge in [-0.25, -0.2) is 9.59 Å². The monoisotopic (exact) mass is 498 g/mol. The summed E-state index contributed by atoms with van der Waals surface area (Å²) >= 11 is 0. The van der Waals surface area contributed by atoms with Crippen LogP contribution in [-0.4, -0.2) is 91.8 Å². The van der Waals surface area contributed by atoms with E-state index < -0.39 is 59.9 Å². The number of hydrogen-bond donors (Lipinski definition) is 8. The maximum atomic E-state index is 11.8. The average molecular weight is 499 g/mol. The second kappa shape index (κ2) is 15.3. The molecule has 0 saturated heterocycles. The van der Waals surface area contributed by atoms with E-state index in [4.69, 9.17) is 21.7 Å². The Hall–Kier alpha value is -2.56. The molecule has 0 bridgehead atoms. The highest BCUT2D eigenvalue weighted by molar-refractivity contribution is 8.76. The molecule has 0 heterocycles. The maximum Gasteiger partial charge on any atom is 0.327 e. The van der Waals surface area contributed by atoms with Crippen molar-refractivity contribution in [2.45, 2.75) is 49.9 Å². The standard InChI is InChI=1S/C16H26N4O10S2/c17-7(13(23)24)1-3-11(21)19-9(15(27)28)5-31-32-6-10(16(29)30)20-12(22)4-2-8(18)14(25)26/h7-10H,1-6,17-18H2,(H,19,21)(H,20,22)(H,23,24)(H,25,26)(H,27,28)(H,29,30)/t7-,8-,9+,10+/m0/s1. The van der Waals surface area contributed by atoms with Crippen molar-refractivity contribution < 1.29 is 49.2 Å². The average Bonchev–Trinajstić information content (AvgIpc) is 2.70. The predicted octanol–water partition coefficient (Wildman–Crippen LogP) is -2.11. The van der Waals surface area contributed by atoms with E-state index in [1.165, 1.54) is 0 Å². The molecule has 0 rings (SSSR count). The summed E-state index contributed by atoms with van der Waals surface area (Å²) in [6.07, 6.45) is -0.916. The lowest BCUT2D eigenvalue weighted by Gasteiger charge is -2.16. The van der Waals surface area contributed by atoms with E-state index in [0.717, 1.165) is 21.6 Å². The van der Waals surface area contributed by atoms with Crippen LogP contribution >= 0.6 is 21.6 Å². The summed E-state index contributed by atoms with van der Waals surface area (Å²) in [4.78, 5) is 67.4. The van der Waals surface area contributed by atoms with Gasteiger partial charge in [0.25, 0.3) is 0 Å². The first-order chi connectivity index (χ1) is 14.8. The van der Waals surface area contributed by atoms with Gasteiger partial charge in [-0.1, -0.05) is 21.6 Å². The van der Waals surface area contributed by atoms with Crippen LogP contribution in [0.2, 0.25) is 0 Å². The molecule has 0 aromatic heterocycles. The molecule has 10 N–H and O–H groups in total. The van der Waals surface area contributed by atoms with Crippen molar-refractivity contribution >= 4 is 57.3 Å². The number of carboxylic acids is 4. The van der Waals surface area contributed by atoms with Crippen molar-refractivity contribution in [3.05, 3.63) is 0 Å². The van der Waals surface area contributed by atoms with Gasteiger partial charge < -0.3 is 42.5 Å². The van der Waals surface area contributed by atoms with Gasteiger partial charge in [0, 0.05) is 24.3 Å². The Morgan fingerprint density at radius 3 is 1.19 bits per heavy atom. The Morgan fingerprint density at radius 1 is 0.625 bits per heavy atom. The molecular weight excluding hydrogens is 472 g/mol. The number of nitrogens with one attached hydrogen (secondary N) is 2. The van der Waals surface area contributed by atoms with Gasteiger partial charge in [0.05, 0.1) is 0 Å². The zero-order valence-electron chi connectivity index (χ0n) is 16.8. The molecule has 182 valence electrons. The van der Waals surface area contributed by atoms with Crippen LogP contribution in [0.1, 0.15) is 25.7 Å². The second-order valence-corrected chi connectivity index (χ2v) is 9.00. The molecule has 0 saturated carbocycles. The van der Waals surface area contributed by atoms with Gasteiger partial charge in [-0.05, 0) is 12.8 Å². The van der Waals surface area contributed by atoms with Crippen LogP contribution in [0.25, 0.3) is 0 Å². The number of aliphatic carboxylic acids is 4. The van der Waals surface area contributed by atoms with Gasteiger partial charge in [0.15, 0.2) is 0 Å². The Labute approximate surface area is 190 Å². The number of carbonyl (C=O) groups excluding carboxylic acids is 2. The first-order valence-corrected chi connectivity index (χ1v) is 11.6. The predicted molar refractivity (Wildman–Crippen MR) is 114 cm³/mol. The maximum absolute atomic E-state index is 11.8. The van der Waals surface area contributed by atoms with Crippen LogP contribution in [0.15, 0.2) is 0 Å². The van der Waals surface area contributed by atoms with E-state index in [9.17, 15) is 39.0 Å². The topological polar surface area (TPSA) is 259 Å². The fourth-order valence-corrected chi connectivity index (χ4v) is 4.25. The summed E-state index contributed by atoms with van der Waals surface area (Å²) in [6.45, 7) is 0. The lowest BCUT2D eigenvalue weighted by atomic mass is 10.1. The fourth-order valence-electron chi connectivity index (χ4n) is 1.93. The van der Waals surface area contributed by atoms with Crippen LogP contribution in [-0.2, 0) is 28.8 Å². The summed E-state index contributed by atoms with van der Waals surface area (Å²) in [5, 5.41) is 40.2. The number of hydrogen-bond acceptors (Lipinski definition) is 10. The van der Waals surface area contributed by atoms with Crippen LogP contribution in [0, 0.1) is 0 Å². The number of nitrogens with two attached hydrogens (primary N) is 2. The molecule has 16 heteroatoms. The van der Waals surface area contributed by atoms with Crippen LogP contribution in [0.4, 0.5) is 0 Å². The first kappa shape index (κ1) is 29.4. The molecule has 0 aromatic carbocycles. The van der Waals surface area contributed by atoms with Gasteiger partial charge in [-0.3, -0.25) is 19.2 Å².